The second-order valence-corrected chi connectivity index (χ2v) is 5.15. The van der Waals surface area contributed by atoms with Gasteiger partial charge in [-0.15, -0.1) is 0 Å². The molecule has 0 bridgehead atoms. The average molecular weight is 352 g/mol. The highest BCUT2D eigenvalue weighted by Gasteiger charge is 2.49. The summed E-state index contributed by atoms with van der Waals surface area (Å²) in [7, 11) is 0. The summed E-state index contributed by atoms with van der Waals surface area (Å²) in [6.45, 7) is 7.31. The van der Waals surface area contributed by atoms with Crippen LogP contribution >= 0.6 is 15.9 Å². The van der Waals surface area contributed by atoms with Crippen LogP contribution in [0.4, 0.5) is 0 Å². The Morgan fingerprint density at radius 3 is 1.75 bits per heavy atom. The van der Waals surface area contributed by atoms with Crippen LogP contribution in [-0.4, -0.2) is 47.3 Å². The van der Waals surface area contributed by atoms with Crippen molar-refractivity contribution in [2.45, 2.75) is 50.2 Å². The van der Waals surface area contributed by atoms with Crippen LogP contribution < -0.4 is 0 Å². The molecule has 0 aromatic heterocycles. The van der Waals surface area contributed by atoms with Crippen molar-refractivity contribution < 1.29 is 33.3 Å². The molecule has 1 fully saturated rings. The van der Waals surface area contributed by atoms with Crippen LogP contribution in [-0.2, 0) is 33.3 Å². The molecule has 0 N–H and O–H groups in total. The van der Waals surface area contributed by atoms with Gasteiger partial charge in [0.05, 0.1) is 0 Å². The monoisotopic (exact) mass is 351 g/mol. The van der Waals surface area contributed by atoms with Gasteiger partial charge >= 0.3 is 17.9 Å². The highest BCUT2D eigenvalue weighted by atomic mass is 79.9. The first-order valence-corrected chi connectivity index (χ1v) is 6.78. The summed E-state index contributed by atoms with van der Waals surface area (Å²) < 4.78 is 20.6. The maximum absolute atomic E-state index is 11.2. The molecule has 0 aromatic rings. The largest absolute Gasteiger partial charge is 0.456 e. The van der Waals surface area contributed by atoms with E-state index in [1.807, 2.05) is 0 Å². The van der Waals surface area contributed by atoms with Crippen molar-refractivity contribution in [2.75, 3.05) is 0 Å². The number of carbonyl (C=O) groups is 3. The molecular formula is C12H16BrO7. The van der Waals surface area contributed by atoms with Gasteiger partial charge in [-0.1, -0.05) is 15.9 Å². The zero-order valence-corrected chi connectivity index (χ0v) is 12.9. The second kappa shape index (κ2) is 7.03. The maximum Gasteiger partial charge on any atom is 0.303 e. The van der Waals surface area contributed by atoms with Gasteiger partial charge in [0.2, 0.25) is 0 Å². The Balaban J connectivity index is 3.01. The smallest absolute Gasteiger partial charge is 0.303 e. The molecule has 20 heavy (non-hydrogen) atoms. The number of halogens is 1. The van der Waals surface area contributed by atoms with E-state index < -0.39 is 47.3 Å². The van der Waals surface area contributed by atoms with Crippen LogP contribution in [0.15, 0.2) is 0 Å². The van der Waals surface area contributed by atoms with Crippen LogP contribution in [0.25, 0.3) is 0 Å². The molecule has 1 heterocycles. The van der Waals surface area contributed by atoms with Gasteiger partial charge in [-0.25, -0.2) is 0 Å². The summed E-state index contributed by atoms with van der Waals surface area (Å²) in [5.74, 6) is -1.76. The van der Waals surface area contributed by atoms with Gasteiger partial charge in [-0.2, -0.15) is 0 Å². The molecule has 1 radical (unpaired) electrons. The lowest BCUT2D eigenvalue weighted by molar-refractivity contribution is -0.224. The Kier molecular flexibility index (Phi) is 5.94. The van der Waals surface area contributed by atoms with Gasteiger partial charge in [0.15, 0.2) is 23.3 Å². The van der Waals surface area contributed by atoms with Crippen molar-refractivity contribution >= 4 is 33.8 Å². The summed E-state index contributed by atoms with van der Waals surface area (Å²) in [4.78, 5) is 33.5. The minimum Gasteiger partial charge on any atom is -0.456 e. The lowest BCUT2D eigenvalue weighted by atomic mass is 10.00. The average Bonchev–Trinajstić information content (AvgIpc) is 2.27. The van der Waals surface area contributed by atoms with Crippen molar-refractivity contribution in [1.29, 1.82) is 0 Å². The first-order chi connectivity index (χ1) is 9.22. The molecule has 7 nitrogen and oxygen atoms in total. The van der Waals surface area contributed by atoms with Crippen molar-refractivity contribution in [3.8, 4) is 0 Å². The number of ether oxygens (including phenoxy) is 4. The van der Waals surface area contributed by atoms with Crippen molar-refractivity contribution in [3.63, 3.8) is 0 Å². The van der Waals surface area contributed by atoms with Crippen LogP contribution in [0, 0.1) is 6.92 Å². The fourth-order valence-corrected chi connectivity index (χ4v) is 2.53. The zero-order valence-electron chi connectivity index (χ0n) is 11.3. The lowest BCUT2D eigenvalue weighted by Crippen LogP contribution is -2.59. The molecule has 8 heteroatoms. The van der Waals surface area contributed by atoms with Gasteiger partial charge in [0.1, 0.15) is 6.10 Å². The molecule has 0 amide bonds. The highest BCUT2D eigenvalue weighted by molar-refractivity contribution is 9.09. The number of esters is 3. The van der Waals surface area contributed by atoms with Crippen molar-refractivity contribution in [2.24, 2.45) is 0 Å². The summed E-state index contributed by atoms with van der Waals surface area (Å²) in [6.07, 6.45) is -3.69. The molecule has 0 saturated carbocycles. The Labute approximate surface area is 125 Å². The third-order valence-electron chi connectivity index (χ3n) is 2.48. The molecule has 0 aromatic carbocycles. The SMILES string of the molecule is [CH2]C1OC(Br)C(OC(C)=O)C(OC(C)=O)C1OC(C)=O. The second-order valence-electron chi connectivity index (χ2n) is 4.25. The van der Waals surface area contributed by atoms with E-state index in [0.29, 0.717) is 0 Å². The summed E-state index contributed by atoms with van der Waals surface area (Å²) >= 11 is 3.18. The van der Waals surface area contributed by atoms with Crippen molar-refractivity contribution in [3.05, 3.63) is 6.92 Å². The molecule has 5 atom stereocenters. The molecule has 1 rings (SSSR count). The Hall–Kier alpha value is -1.15. The fourth-order valence-electron chi connectivity index (χ4n) is 1.84. The number of alkyl halides is 1. The van der Waals surface area contributed by atoms with E-state index in [1.54, 1.807) is 0 Å². The maximum atomic E-state index is 11.2. The summed E-state index contributed by atoms with van der Waals surface area (Å²) in [5, 5.41) is -0.731. The normalized spacial score (nSPS) is 33.1. The standard InChI is InChI=1S/C12H16BrO7/c1-5-9(18-6(2)14)10(19-7(3)15)11(12(13)17-5)20-8(4)16/h5,9-12H,1H2,2-4H3. The lowest BCUT2D eigenvalue weighted by Gasteiger charge is -2.41. The number of rotatable bonds is 3. The van der Waals surface area contributed by atoms with Crippen LogP contribution in [0.3, 0.4) is 0 Å². The minimum atomic E-state index is -0.999. The quantitative estimate of drug-likeness (QED) is 0.420. The van der Waals surface area contributed by atoms with Crippen LogP contribution in [0.2, 0.25) is 0 Å². The Morgan fingerprint density at radius 1 is 0.900 bits per heavy atom. The van der Waals surface area contributed by atoms with Gasteiger partial charge < -0.3 is 18.9 Å². The molecule has 1 aliphatic heterocycles. The number of hydrogen-bond donors (Lipinski definition) is 0. The first-order valence-electron chi connectivity index (χ1n) is 5.86. The highest BCUT2D eigenvalue weighted by Crippen LogP contribution is 2.30. The Morgan fingerprint density at radius 2 is 1.30 bits per heavy atom. The predicted molar refractivity (Wildman–Crippen MR) is 69.6 cm³/mol. The van der Waals surface area contributed by atoms with E-state index in [0.717, 1.165) is 0 Å². The van der Waals surface area contributed by atoms with E-state index in [2.05, 4.69) is 22.9 Å². The third-order valence-corrected chi connectivity index (χ3v) is 3.22. The van der Waals surface area contributed by atoms with E-state index in [4.69, 9.17) is 18.9 Å². The summed E-state index contributed by atoms with van der Waals surface area (Å²) in [6, 6.07) is 0. The zero-order chi connectivity index (χ0) is 15.4. The minimum absolute atomic E-state index is 0.579. The Bertz CT molecular complexity index is 369. The van der Waals surface area contributed by atoms with E-state index in [1.165, 1.54) is 20.8 Å². The fraction of sp³-hybridized carbons (Fsp3) is 0.667. The number of hydrogen-bond acceptors (Lipinski definition) is 7. The molecule has 0 spiro atoms. The first kappa shape index (κ1) is 16.9. The predicted octanol–water partition coefficient (Wildman–Crippen LogP) is 0.735. The topological polar surface area (TPSA) is 88.1 Å². The van der Waals surface area contributed by atoms with Gasteiger partial charge in [0, 0.05) is 20.8 Å². The van der Waals surface area contributed by atoms with Gasteiger partial charge in [-0.3, -0.25) is 14.4 Å². The van der Waals surface area contributed by atoms with E-state index in [-0.39, 0.29) is 0 Å². The number of carbonyl (C=O) groups excluding carboxylic acids is 3. The third kappa shape index (κ3) is 4.45. The van der Waals surface area contributed by atoms with Crippen LogP contribution in [0.5, 0.6) is 0 Å². The molecular weight excluding hydrogens is 336 g/mol. The summed E-state index contributed by atoms with van der Waals surface area (Å²) in [5.41, 5.74) is 0. The van der Waals surface area contributed by atoms with Gasteiger partial charge in [0.25, 0.3) is 0 Å². The van der Waals surface area contributed by atoms with E-state index >= 15 is 0 Å². The van der Waals surface area contributed by atoms with Crippen LogP contribution in [0.1, 0.15) is 20.8 Å². The molecule has 1 saturated heterocycles. The molecule has 5 unspecified atom stereocenters. The van der Waals surface area contributed by atoms with Gasteiger partial charge in [-0.05, 0) is 6.92 Å². The van der Waals surface area contributed by atoms with Crippen molar-refractivity contribution in [1.82, 2.24) is 0 Å². The molecule has 0 aliphatic carbocycles. The molecule has 113 valence electrons. The molecule has 1 aliphatic rings. The van der Waals surface area contributed by atoms with E-state index in [9.17, 15) is 14.4 Å².